The Morgan fingerprint density at radius 2 is 1.64 bits per heavy atom. The number of hydrogen-bond donors (Lipinski definition) is 0. The van der Waals surface area contributed by atoms with E-state index in [0.717, 1.165) is 16.3 Å². The Morgan fingerprint density at radius 1 is 0.909 bits per heavy atom. The topological polar surface area (TPSA) is 26.3 Å². The van der Waals surface area contributed by atoms with Gasteiger partial charge in [-0.25, -0.2) is 4.79 Å². The third-order valence-electron chi connectivity index (χ3n) is 3.26. The van der Waals surface area contributed by atoms with Gasteiger partial charge < -0.3 is 4.74 Å². The van der Waals surface area contributed by atoms with Crippen molar-refractivity contribution in [1.82, 2.24) is 0 Å². The predicted molar refractivity (Wildman–Crippen MR) is 90.1 cm³/mol. The monoisotopic (exact) mass is 308 g/mol. The molecule has 0 N–H and O–H groups in total. The molecule has 22 heavy (non-hydrogen) atoms. The van der Waals surface area contributed by atoms with Crippen LogP contribution in [-0.2, 0) is 4.79 Å². The van der Waals surface area contributed by atoms with Gasteiger partial charge in [-0.2, -0.15) is 0 Å². The second kappa shape index (κ2) is 6.46. The van der Waals surface area contributed by atoms with Crippen LogP contribution in [0.5, 0.6) is 5.75 Å². The number of ether oxygens (including phenoxy) is 1. The number of hydrogen-bond acceptors (Lipinski definition) is 2. The van der Waals surface area contributed by atoms with E-state index in [2.05, 4.69) is 0 Å². The zero-order chi connectivity index (χ0) is 15.4. The Morgan fingerprint density at radius 3 is 2.50 bits per heavy atom. The van der Waals surface area contributed by atoms with Gasteiger partial charge in [-0.1, -0.05) is 66.2 Å². The highest BCUT2D eigenvalue weighted by Gasteiger charge is 2.05. The molecule has 3 aromatic carbocycles. The third-order valence-corrected chi connectivity index (χ3v) is 3.61. The van der Waals surface area contributed by atoms with Gasteiger partial charge in [-0.05, 0) is 29.2 Å². The van der Waals surface area contributed by atoms with Gasteiger partial charge in [0.1, 0.15) is 5.75 Å². The highest BCUT2D eigenvalue weighted by atomic mass is 35.5. The average Bonchev–Trinajstić information content (AvgIpc) is 2.54. The predicted octanol–water partition coefficient (Wildman–Crippen LogP) is 5.11. The second-order valence-electron chi connectivity index (χ2n) is 4.75. The molecule has 0 aliphatic carbocycles. The highest BCUT2D eigenvalue weighted by molar-refractivity contribution is 6.32. The van der Waals surface area contributed by atoms with Crippen LogP contribution in [0.3, 0.4) is 0 Å². The Bertz CT molecular complexity index is 847. The standard InChI is InChI=1S/C19H13ClO2/c20-17-10-4-2-7-15(17)12-13-19(21)22-18-11-5-8-14-6-1-3-9-16(14)18/h1-13H/b13-12+. The number of carbonyl (C=O) groups excluding carboxylic acids is 1. The van der Waals surface area contributed by atoms with Crippen molar-refractivity contribution in [3.8, 4) is 5.75 Å². The summed E-state index contributed by atoms with van der Waals surface area (Å²) >= 11 is 6.04. The van der Waals surface area contributed by atoms with Crippen molar-refractivity contribution >= 4 is 34.4 Å². The van der Waals surface area contributed by atoms with E-state index in [1.54, 1.807) is 18.2 Å². The van der Waals surface area contributed by atoms with E-state index in [0.29, 0.717) is 10.8 Å². The zero-order valence-electron chi connectivity index (χ0n) is 11.7. The van der Waals surface area contributed by atoms with E-state index in [-0.39, 0.29) is 0 Å². The maximum Gasteiger partial charge on any atom is 0.336 e. The molecule has 0 saturated heterocycles. The van der Waals surface area contributed by atoms with Crippen molar-refractivity contribution in [2.75, 3.05) is 0 Å². The van der Waals surface area contributed by atoms with Gasteiger partial charge in [0.15, 0.2) is 0 Å². The molecule has 0 aliphatic heterocycles. The number of halogens is 1. The van der Waals surface area contributed by atoms with Crippen molar-refractivity contribution in [2.45, 2.75) is 0 Å². The molecule has 0 heterocycles. The smallest absolute Gasteiger partial charge is 0.336 e. The van der Waals surface area contributed by atoms with Crippen molar-refractivity contribution in [2.24, 2.45) is 0 Å². The second-order valence-corrected chi connectivity index (χ2v) is 5.16. The summed E-state index contributed by atoms with van der Waals surface area (Å²) in [6.07, 6.45) is 3.03. The molecule has 3 rings (SSSR count). The lowest BCUT2D eigenvalue weighted by molar-refractivity contribution is -0.128. The first-order valence-electron chi connectivity index (χ1n) is 6.86. The van der Waals surface area contributed by atoms with Gasteiger partial charge in [0, 0.05) is 16.5 Å². The van der Waals surface area contributed by atoms with Crippen LogP contribution in [0.4, 0.5) is 0 Å². The summed E-state index contributed by atoms with van der Waals surface area (Å²) in [6.45, 7) is 0. The SMILES string of the molecule is O=C(/C=C/c1ccccc1Cl)Oc1cccc2ccccc12. The Balaban J connectivity index is 1.81. The summed E-state index contributed by atoms with van der Waals surface area (Å²) in [6, 6.07) is 20.7. The fourth-order valence-corrected chi connectivity index (χ4v) is 2.39. The van der Waals surface area contributed by atoms with Crippen LogP contribution in [0.25, 0.3) is 16.8 Å². The van der Waals surface area contributed by atoms with Crippen LogP contribution in [0.2, 0.25) is 5.02 Å². The lowest BCUT2D eigenvalue weighted by atomic mass is 10.1. The van der Waals surface area contributed by atoms with Crippen LogP contribution in [-0.4, -0.2) is 5.97 Å². The zero-order valence-corrected chi connectivity index (χ0v) is 12.5. The first-order valence-corrected chi connectivity index (χ1v) is 7.24. The van der Waals surface area contributed by atoms with Gasteiger partial charge in [-0.15, -0.1) is 0 Å². The largest absolute Gasteiger partial charge is 0.423 e. The summed E-state index contributed by atoms with van der Waals surface area (Å²) in [5.41, 5.74) is 0.777. The molecular formula is C19H13ClO2. The summed E-state index contributed by atoms with van der Waals surface area (Å²) in [5.74, 6) is 0.114. The van der Waals surface area contributed by atoms with E-state index in [9.17, 15) is 4.79 Å². The van der Waals surface area contributed by atoms with E-state index >= 15 is 0 Å². The number of fused-ring (bicyclic) bond motifs is 1. The minimum Gasteiger partial charge on any atom is -0.423 e. The van der Waals surface area contributed by atoms with Crippen LogP contribution < -0.4 is 4.74 Å². The molecule has 0 spiro atoms. The number of esters is 1. The lowest BCUT2D eigenvalue weighted by Crippen LogP contribution is -2.04. The average molecular weight is 309 g/mol. The summed E-state index contributed by atoms with van der Waals surface area (Å²) in [5, 5.41) is 2.53. The Labute approximate surface area is 133 Å². The van der Waals surface area contributed by atoms with Crippen molar-refractivity contribution in [3.63, 3.8) is 0 Å². The van der Waals surface area contributed by atoms with E-state index in [4.69, 9.17) is 16.3 Å². The molecule has 0 aromatic heterocycles. The molecule has 0 aliphatic rings. The summed E-state index contributed by atoms with van der Waals surface area (Å²) in [7, 11) is 0. The fourth-order valence-electron chi connectivity index (χ4n) is 2.20. The molecule has 2 nitrogen and oxygen atoms in total. The van der Waals surface area contributed by atoms with Crippen molar-refractivity contribution < 1.29 is 9.53 Å². The van der Waals surface area contributed by atoms with Gasteiger partial charge in [0.25, 0.3) is 0 Å². The summed E-state index contributed by atoms with van der Waals surface area (Å²) in [4.78, 5) is 12.0. The molecule has 0 saturated carbocycles. The number of rotatable bonds is 3. The van der Waals surface area contributed by atoms with E-state index < -0.39 is 5.97 Å². The van der Waals surface area contributed by atoms with E-state index in [1.165, 1.54) is 6.08 Å². The molecule has 3 aromatic rings. The van der Waals surface area contributed by atoms with Gasteiger partial charge in [-0.3, -0.25) is 0 Å². The van der Waals surface area contributed by atoms with Gasteiger partial charge in [0.2, 0.25) is 0 Å². The first-order chi connectivity index (χ1) is 10.7. The molecule has 0 atom stereocenters. The molecule has 0 fully saturated rings. The summed E-state index contributed by atoms with van der Waals surface area (Å²) < 4.78 is 5.42. The molecule has 0 radical (unpaired) electrons. The highest BCUT2D eigenvalue weighted by Crippen LogP contribution is 2.25. The maximum absolute atomic E-state index is 12.0. The quantitative estimate of drug-likeness (QED) is 0.382. The van der Waals surface area contributed by atoms with Gasteiger partial charge >= 0.3 is 5.97 Å². The molecular weight excluding hydrogens is 296 g/mol. The Hall–Kier alpha value is -2.58. The number of benzene rings is 3. The molecule has 0 bridgehead atoms. The van der Waals surface area contributed by atoms with Crippen molar-refractivity contribution in [3.05, 3.63) is 83.4 Å². The number of carbonyl (C=O) groups is 1. The molecule has 0 unspecified atom stereocenters. The Kier molecular flexibility index (Phi) is 4.22. The van der Waals surface area contributed by atoms with Crippen LogP contribution >= 0.6 is 11.6 Å². The van der Waals surface area contributed by atoms with Crippen molar-refractivity contribution in [1.29, 1.82) is 0 Å². The molecule has 0 amide bonds. The maximum atomic E-state index is 12.0. The normalized spacial score (nSPS) is 11.0. The van der Waals surface area contributed by atoms with Crippen LogP contribution in [0.15, 0.2) is 72.8 Å². The first kappa shape index (κ1) is 14.4. The fraction of sp³-hybridized carbons (Fsp3) is 0. The molecule has 108 valence electrons. The minimum atomic E-state index is -0.434. The van der Waals surface area contributed by atoms with Crippen LogP contribution in [0.1, 0.15) is 5.56 Å². The van der Waals surface area contributed by atoms with Gasteiger partial charge in [0.05, 0.1) is 0 Å². The third kappa shape index (κ3) is 3.18. The minimum absolute atomic E-state index is 0.434. The molecule has 3 heteroatoms. The van der Waals surface area contributed by atoms with Crippen LogP contribution in [0, 0.1) is 0 Å². The lowest BCUT2D eigenvalue weighted by Gasteiger charge is -2.05. The van der Waals surface area contributed by atoms with E-state index in [1.807, 2.05) is 54.6 Å².